The summed E-state index contributed by atoms with van der Waals surface area (Å²) in [6.45, 7) is 1.72. The van der Waals surface area contributed by atoms with E-state index in [2.05, 4.69) is 10.3 Å². The number of nitro groups is 1. The third kappa shape index (κ3) is 2.74. The molecule has 0 spiro atoms. The third-order valence-corrected chi connectivity index (χ3v) is 2.68. The smallest absolute Gasteiger partial charge is 0.288 e. The molecule has 0 aliphatic carbocycles. The second kappa shape index (κ2) is 5.39. The number of nitrogens with zero attached hydrogens (tertiary/aromatic N) is 2. The van der Waals surface area contributed by atoms with Crippen LogP contribution in [0.2, 0.25) is 0 Å². The number of nitrogens with one attached hydrogen (secondary N) is 1. The van der Waals surface area contributed by atoms with Crippen LogP contribution in [0.3, 0.4) is 0 Å². The normalized spacial score (nSPS) is 11.8. The zero-order valence-electron chi connectivity index (χ0n) is 10.6. The molecule has 0 aliphatic heterocycles. The van der Waals surface area contributed by atoms with Gasteiger partial charge in [-0.25, -0.2) is 4.98 Å². The van der Waals surface area contributed by atoms with Gasteiger partial charge in [-0.2, -0.15) is 0 Å². The van der Waals surface area contributed by atoms with Crippen LogP contribution in [0.4, 0.5) is 11.5 Å². The summed E-state index contributed by atoms with van der Waals surface area (Å²) in [6.07, 6.45) is 2.49. The summed E-state index contributed by atoms with van der Waals surface area (Å²) in [5, 5.41) is 13.3. The van der Waals surface area contributed by atoms with Gasteiger partial charge in [0.15, 0.2) is 0 Å². The Bertz CT molecular complexity index is 639. The summed E-state index contributed by atoms with van der Waals surface area (Å²) in [4.78, 5) is 25.7. The molecule has 1 unspecified atom stereocenters. The van der Waals surface area contributed by atoms with E-state index >= 15 is 0 Å². The van der Waals surface area contributed by atoms with Gasteiger partial charge in [0.25, 0.3) is 11.6 Å². The quantitative estimate of drug-likeness (QED) is 0.646. The Hall–Kier alpha value is -2.90. The standard InChI is InChI=1S/C12H12N4O4/c1-7(10-3-2-4-20-10)15-12(17)9-5-8(16(18)19)6-14-11(9)13/h2-7H,1H3,(H2,13,14)(H,15,17). The number of aromatic nitrogens is 1. The summed E-state index contributed by atoms with van der Waals surface area (Å²) in [7, 11) is 0. The monoisotopic (exact) mass is 276 g/mol. The molecule has 0 saturated heterocycles. The molecule has 1 atom stereocenters. The van der Waals surface area contributed by atoms with Crippen LogP contribution in [0, 0.1) is 10.1 Å². The number of carbonyl (C=O) groups excluding carboxylic acids is 1. The fourth-order valence-electron chi connectivity index (χ4n) is 1.63. The highest BCUT2D eigenvalue weighted by molar-refractivity contribution is 5.99. The molecule has 0 bridgehead atoms. The number of hydrogen-bond acceptors (Lipinski definition) is 6. The molecule has 0 saturated carbocycles. The molecule has 0 radical (unpaired) electrons. The largest absolute Gasteiger partial charge is 0.467 e. The average molecular weight is 276 g/mol. The number of furan rings is 1. The van der Waals surface area contributed by atoms with Gasteiger partial charge in [0.1, 0.15) is 17.8 Å². The summed E-state index contributed by atoms with van der Waals surface area (Å²) in [5.41, 5.74) is 5.23. The van der Waals surface area contributed by atoms with E-state index in [1.807, 2.05) is 0 Å². The number of pyridine rings is 1. The molecule has 104 valence electrons. The first-order chi connectivity index (χ1) is 9.49. The molecular weight excluding hydrogens is 264 g/mol. The molecule has 2 heterocycles. The van der Waals surface area contributed by atoms with Crippen molar-refractivity contribution in [1.82, 2.24) is 10.3 Å². The minimum absolute atomic E-state index is 0.0439. The van der Waals surface area contributed by atoms with E-state index in [9.17, 15) is 14.9 Å². The molecule has 8 heteroatoms. The molecule has 3 N–H and O–H groups in total. The first-order valence-corrected chi connectivity index (χ1v) is 5.73. The van der Waals surface area contributed by atoms with Crippen LogP contribution in [0.1, 0.15) is 29.1 Å². The Labute approximate surface area is 113 Å². The molecular formula is C12H12N4O4. The molecule has 0 fully saturated rings. The maximum absolute atomic E-state index is 12.1. The van der Waals surface area contributed by atoms with Gasteiger partial charge in [-0.05, 0) is 19.1 Å². The van der Waals surface area contributed by atoms with E-state index in [0.29, 0.717) is 5.76 Å². The zero-order chi connectivity index (χ0) is 14.7. The van der Waals surface area contributed by atoms with Crippen molar-refractivity contribution in [2.24, 2.45) is 0 Å². The maximum atomic E-state index is 12.1. The van der Waals surface area contributed by atoms with E-state index in [1.54, 1.807) is 19.1 Å². The molecule has 2 aromatic rings. The highest BCUT2D eigenvalue weighted by Gasteiger charge is 2.19. The lowest BCUT2D eigenvalue weighted by atomic mass is 10.2. The first kappa shape index (κ1) is 13.5. The lowest BCUT2D eigenvalue weighted by Crippen LogP contribution is -2.27. The van der Waals surface area contributed by atoms with Gasteiger partial charge in [0.05, 0.1) is 22.8 Å². The van der Waals surface area contributed by atoms with Crippen LogP contribution >= 0.6 is 0 Å². The molecule has 20 heavy (non-hydrogen) atoms. The van der Waals surface area contributed by atoms with Gasteiger partial charge in [-0.3, -0.25) is 14.9 Å². The van der Waals surface area contributed by atoms with Gasteiger partial charge < -0.3 is 15.5 Å². The number of amides is 1. The minimum atomic E-state index is -0.640. The lowest BCUT2D eigenvalue weighted by Gasteiger charge is -2.12. The zero-order valence-corrected chi connectivity index (χ0v) is 10.6. The summed E-state index contributed by atoms with van der Waals surface area (Å²) < 4.78 is 5.15. The van der Waals surface area contributed by atoms with Crippen LogP contribution in [0.25, 0.3) is 0 Å². The highest BCUT2D eigenvalue weighted by Crippen LogP contribution is 2.18. The van der Waals surface area contributed by atoms with Crippen LogP contribution in [0.15, 0.2) is 35.1 Å². The van der Waals surface area contributed by atoms with Crippen molar-refractivity contribution in [2.45, 2.75) is 13.0 Å². The summed E-state index contributed by atoms with van der Waals surface area (Å²) >= 11 is 0. The minimum Gasteiger partial charge on any atom is -0.467 e. The van der Waals surface area contributed by atoms with E-state index in [4.69, 9.17) is 10.2 Å². The van der Waals surface area contributed by atoms with Crippen molar-refractivity contribution < 1.29 is 14.1 Å². The van der Waals surface area contributed by atoms with Crippen molar-refractivity contribution in [1.29, 1.82) is 0 Å². The molecule has 2 aromatic heterocycles. The molecule has 0 aliphatic rings. The number of nitrogens with two attached hydrogens (primary N) is 1. The molecule has 0 aromatic carbocycles. The van der Waals surface area contributed by atoms with Crippen molar-refractivity contribution in [2.75, 3.05) is 5.73 Å². The van der Waals surface area contributed by atoms with Crippen LogP contribution in [-0.2, 0) is 0 Å². The summed E-state index contributed by atoms with van der Waals surface area (Å²) in [5.74, 6) is -0.0577. The Morgan fingerprint density at radius 1 is 1.60 bits per heavy atom. The van der Waals surface area contributed by atoms with Gasteiger partial charge >= 0.3 is 0 Å². The number of anilines is 1. The number of rotatable bonds is 4. The van der Waals surface area contributed by atoms with Crippen LogP contribution in [0.5, 0.6) is 0 Å². The first-order valence-electron chi connectivity index (χ1n) is 5.73. The third-order valence-electron chi connectivity index (χ3n) is 2.68. The van der Waals surface area contributed by atoms with Gasteiger partial charge in [-0.15, -0.1) is 0 Å². The Morgan fingerprint density at radius 3 is 2.95 bits per heavy atom. The highest BCUT2D eigenvalue weighted by atomic mass is 16.6. The van der Waals surface area contributed by atoms with Crippen molar-refractivity contribution in [3.05, 3.63) is 52.1 Å². The molecule has 2 rings (SSSR count). The summed E-state index contributed by atoms with van der Waals surface area (Å²) in [6, 6.07) is 4.10. The maximum Gasteiger partial charge on any atom is 0.288 e. The van der Waals surface area contributed by atoms with E-state index in [1.165, 1.54) is 6.26 Å². The van der Waals surface area contributed by atoms with Crippen molar-refractivity contribution in [3.63, 3.8) is 0 Å². The van der Waals surface area contributed by atoms with E-state index in [0.717, 1.165) is 12.3 Å². The average Bonchev–Trinajstić information content (AvgIpc) is 2.92. The molecule has 8 nitrogen and oxygen atoms in total. The second-order valence-corrected chi connectivity index (χ2v) is 4.09. The van der Waals surface area contributed by atoms with Gasteiger partial charge in [0, 0.05) is 6.07 Å². The van der Waals surface area contributed by atoms with E-state index < -0.39 is 16.9 Å². The topological polar surface area (TPSA) is 124 Å². The second-order valence-electron chi connectivity index (χ2n) is 4.09. The van der Waals surface area contributed by atoms with E-state index in [-0.39, 0.29) is 17.1 Å². The number of hydrogen-bond donors (Lipinski definition) is 2. The van der Waals surface area contributed by atoms with Crippen LogP contribution in [-0.4, -0.2) is 15.8 Å². The van der Waals surface area contributed by atoms with Gasteiger partial charge in [0.2, 0.25) is 0 Å². The van der Waals surface area contributed by atoms with Crippen molar-refractivity contribution in [3.8, 4) is 0 Å². The number of carbonyl (C=O) groups is 1. The SMILES string of the molecule is CC(NC(=O)c1cc([N+](=O)[O-])cnc1N)c1ccco1. The predicted molar refractivity (Wildman–Crippen MR) is 69.9 cm³/mol. The Kier molecular flexibility index (Phi) is 3.65. The van der Waals surface area contributed by atoms with Crippen molar-refractivity contribution >= 4 is 17.4 Å². The predicted octanol–water partition coefficient (Wildman–Crippen LogP) is 1.66. The molecule has 1 amide bonds. The Balaban J connectivity index is 2.20. The fraction of sp³-hybridized carbons (Fsp3) is 0.167. The number of nitrogen functional groups attached to an aromatic ring is 1. The van der Waals surface area contributed by atoms with Crippen LogP contribution < -0.4 is 11.1 Å². The fourth-order valence-corrected chi connectivity index (χ4v) is 1.63. The van der Waals surface area contributed by atoms with Gasteiger partial charge in [-0.1, -0.05) is 0 Å². The Morgan fingerprint density at radius 2 is 2.35 bits per heavy atom. The lowest BCUT2D eigenvalue weighted by molar-refractivity contribution is -0.385.